The highest BCUT2D eigenvalue weighted by atomic mass is 16.2. The fourth-order valence-electron chi connectivity index (χ4n) is 5.69. The van der Waals surface area contributed by atoms with Crippen LogP contribution in [0.25, 0.3) is 0 Å². The molecule has 154 valence electrons. The highest BCUT2D eigenvalue weighted by Gasteiger charge is 2.65. The monoisotopic (exact) mass is 409 g/mol. The Hall–Kier alpha value is -3.36. The zero-order chi connectivity index (χ0) is 21.2. The van der Waals surface area contributed by atoms with Crippen molar-refractivity contribution in [1.29, 1.82) is 0 Å². The Bertz CT molecular complexity index is 885. The van der Waals surface area contributed by atoms with Gasteiger partial charge in [-0.1, -0.05) is 25.7 Å². The second kappa shape index (κ2) is 6.58. The maximum Gasteiger partial charge on any atom is 0.254 e. The Morgan fingerprint density at radius 2 is 0.800 bits per heavy atom. The molecule has 0 N–H and O–H groups in total. The van der Waals surface area contributed by atoms with Crippen LogP contribution in [-0.2, 0) is 28.8 Å². The van der Waals surface area contributed by atoms with Gasteiger partial charge in [0.1, 0.15) is 0 Å². The van der Waals surface area contributed by atoms with Crippen molar-refractivity contribution in [2.75, 3.05) is 0 Å². The van der Waals surface area contributed by atoms with Gasteiger partial charge in [-0.05, 0) is 5.92 Å². The molecular weight excluding hydrogens is 390 g/mol. The van der Waals surface area contributed by atoms with Gasteiger partial charge in [0.2, 0.25) is 0 Å². The first kappa shape index (κ1) is 18.7. The van der Waals surface area contributed by atoms with Crippen molar-refractivity contribution in [3.63, 3.8) is 0 Å². The van der Waals surface area contributed by atoms with Crippen molar-refractivity contribution in [3.05, 3.63) is 36.5 Å². The van der Waals surface area contributed by atoms with E-state index in [2.05, 4.69) is 0 Å². The van der Waals surface area contributed by atoms with Crippen molar-refractivity contribution >= 4 is 35.4 Å². The third kappa shape index (κ3) is 2.47. The summed E-state index contributed by atoms with van der Waals surface area (Å²) in [5, 5.41) is 0. The van der Waals surface area contributed by atoms with Gasteiger partial charge in [0.25, 0.3) is 35.4 Å². The summed E-state index contributed by atoms with van der Waals surface area (Å²) >= 11 is 0. The number of amides is 6. The molecule has 3 heterocycles. The van der Waals surface area contributed by atoms with Gasteiger partial charge in [0.05, 0.1) is 18.1 Å². The van der Waals surface area contributed by atoms with Crippen LogP contribution in [0.3, 0.4) is 0 Å². The minimum Gasteiger partial charge on any atom is -0.270 e. The standard InChI is InChI=1S/C21H19N3O6/c25-12-5-6-13(26)22(12)19-18(11-3-1-2-4-11)20(23-14(27)7-8-15(23)28)21(19)24-16(29)9-10-17(24)30/h5-11,18-21H,1-4H2. The van der Waals surface area contributed by atoms with Crippen LogP contribution in [0.2, 0.25) is 0 Å². The Balaban J connectivity index is 1.60. The van der Waals surface area contributed by atoms with Gasteiger partial charge in [-0.25, -0.2) is 0 Å². The van der Waals surface area contributed by atoms with Gasteiger partial charge < -0.3 is 0 Å². The largest absolute Gasteiger partial charge is 0.270 e. The number of carbonyl (C=O) groups is 6. The van der Waals surface area contributed by atoms with Crippen molar-refractivity contribution in [1.82, 2.24) is 14.7 Å². The average Bonchev–Trinajstić information content (AvgIpc) is 3.47. The minimum atomic E-state index is -0.966. The molecule has 6 amide bonds. The topological polar surface area (TPSA) is 112 Å². The molecular formula is C21H19N3O6. The summed E-state index contributed by atoms with van der Waals surface area (Å²) in [5.41, 5.74) is 0. The van der Waals surface area contributed by atoms with Crippen LogP contribution in [0.5, 0.6) is 0 Å². The summed E-state index contributed by atoms with van der Waals surface area (Å²) in [6.45, 7) is 0. The highest BCUT2D eigenvalue weighted by molar-refractivity contribution is 6.16. The van der Waals surface area contributed by atoms with Gasteiger partial charge >= 0.3 is 0 Å². The average molecular weight is 409 g/mol. The maximum absolute atomic E-state index is 12.5. The molecule has 0 saturated heterocycles. The van der Waals surface area contributed by atoms with Crippen LogP contribution >= 0.6 is 0 Å². The zero-order valence-corrected chi connectivity index (χ0v) is 16.0. The van der Waals surface area contributed by atoms with E-state index < -0.39 is 53.6 Å². The number of hydrogen-bond acceptors (Lipinski definition) is 6. The number of imide groups is 3. The molecule has 0 aromatic rings. The van der Waals surface area contributed by atoms with Gasteiger partial charge in [-0.15, -0.1) is 0 Å². The zero-order valence-electron chi connectivity index (χ0n) is 16.0. The van der Waals surface area contributed by atoms with Gasteiger partial charge in [-0.3, -0.25) is 43.5 Å². The first-order chi connectivity index (χ1) is 14.4. The Labute approximate surface area is 171 Å². The second-order valence-corrected chi connectivity index (χ2v) is 8.23. The maximum atomic E-state index is 12.5. The summed E-state index contributed by atoms with van der Waals surface area (Å²) in [6.07, 6.45) is 10.5. The fraction of sp³-hybridized carbons (Fsp3) is 0.429. The number of nitrogens with zero attached hydrogens (tertiary/aromatic N) is 3. The number of hydrogen-bond donors (Lipinski definition) is 0. The van der Waals surface area contributed by atoms with Crippen molar-refractivity contribution < 1.29 is 28.8 Å². The van der Waals surface area contributed by atoms with E-state index in [-0.39, 0.29) is 11.8 Å². The molecule has 2 unspecified atom stereocenters. The third-order valence-corrected chi connectivity index (χ3v) is 6.86. The van der Waals surface area contributed by atoms with Crippen LogP contribution in [0.15, 0.2) is 36.5 Å². The lowest BCUT2D eigenvalue weighted by Crippen LogP contribution is -2.79. The molecule has 2 saturated carbocycles. The van der Waals surface area contributed by atoms with E-state index in [1.807, 2.05) is 0 Å². The molecule has 0 spiro atoms. The van der Waals surface area contributed by atoms with Crippen LogP contribution in [0.4, 0.5) is 0 Å². The van der Waals surface area contributed by atoms with E-state index in [0.717, 1.165) is 76.8 Å². The Kier molecular flexibility index (Phi) is 4.09. The smallest absolute Gasteiger partial charge is 0.254 e. The fourth-order valence-corrected chi connectivity index (χ4v) is 5.69. The SMILES string of the molecule is O=C1C=CC(=O)N1C1C(C2CCCC2)C(N2C(=O)C=CC2=O)C1N1C(=O)C=CC1=O. The molecule has 2 atom stereocenters. The molecule has 30 heavy (non-hydrogen) atoms. The van der Waals surface area contributed by atoms with E-state index in [0.29, 0.717) is 0 Å². The molecule has 9 nitrogen and oxygen atoms in total. The molecule has 0 aromatic heterocycles. The Morgan fingerprint density at radius 1 is 0.500 bits per heavy atom. The summed E-state index contributed by atoms with van der Waals surface area (Å²) in [6, 6.07) is -2.52. The molecule has 3 aliphatic heterocycles. The van der Waals surface area contributed by atoms with Crippen LogP contribution < -0.4 is 0 Å². The summed E-state index contributed by atoms with van der Waals surface area (Å²) in [5.74, 6) is -3.53. The predicted molar refractivity (Wildman–Crippen MR) is 99.8 cm³/mol. The van der Waals surface area contributed by atoms with Crippen molar-refractivity contribution in [2.24, 2.45) is 11.8 Å². The lowest BCUT2D eigenvalue weighted by molar-refractivity contribution is -0.177. The summed E-state index contributed by atoms with van der Waals surface area (Å²) in [7, 11) is 0. The first-order valence-electron chi connectivity index (χ1n) is 10.1. The van der Waals surface area contributed by atoms with E-state index in [1.54, 1.807) is 0 Å². The van der Waals surface area contributed by atoms with Gasteiger partial charge in [0, 0.05) is 42.4 Å². The highest BCUT2D eigenvalue weighted by Crippen LogP contribution is 2.50. The number of rotatable bonds is 4. The molecule has 0 bridgehead atoms. The molecule has 5 rings (SSSR count). The van der Waals surface area contributed by atoms with E-state index in [4.69, 9.17) is 0 Å². The predicted octanol–water partition coefficient (Wildman–Crippen LogP) is -0.313. The molecule has 0 aromatic carbocycles. The van der Waals surface area contributed by atoms with Crippen molar-refractivity contribution in [2.45, 2.75) is 43.8 Å². The first-order valence-corrected chi connectivity index (χ1v) is 10.1. The minimum absolute atomic E-state index is 0.0689. The molecule has 2 fully saturated rings. The normalized spacial score (nSPS) is 33.8. The van der Waals surface area contributed by atoms with Gasteiger partial charge in [0.15, 0.2) is 0 Å². The second-order valence-electron chi connectivity index (χ2n) is 8.23. The summed E-state index contributed by atoms with van der Waals surface area (Å²) < 4.78 is 0. The van der Waals surface area contributed by atoms with E-state index in [1.165, 1.54) is 0 Å². The molecule has 5 aliphatic rings. The quantitative estimate of drug-likeness (QED) is 0.589. The van der Waals surface area contributed by atoms with Crippen LogP contribution in [0, 0.1) is 11.8 Å². The third-order valence-electron chi connectivity index (χ3n) is 6.86. The van der Waals surface area contributed by atoms with E-state index in [9.17, 15) is 28.8 Å². The van der Waals surface area contributed by atoms with Crippen molar-refractivity contribution in [3.8, 4) is 0 Å². The van der Waals surface area contributed by atoms with Crippen LogP contribution in [0.1, 0.15) is 25.7 Å². The Morgan fingerprint density at radius 3 is 1.13 bits per heavy atom. The summed E-state index contributed by atoms with van der Waals surface area (Å²) in [4.78, 5) is 78.2. The van der Waals surface area contributed by atoms with Gasteiger partial charge in [-0.2, -0.15) is 0 Å². The molecule has 9 heteroatoms. The van der Waals surface area contributed by atoms with E-state index >= 15 is 0 Å². The lowest BCUT2D eigenvalue weighted by atomic mass is 9.61. The number of carbonyl (C=O) groups excluding carboxylic acids is 6. The van der Waals surface area contributed by atoms with Crippen LogP contribution in [-0.4, -0.2) is 68.3 Å². The lowest BCUT2D eigenvalue weighted by Gasteiger charge is -2.60. The molecule has 0 radical (unpaired) electrons. The molecule has 2 aliphatic carbocycles.